The van der Waals surface area contributed by atoms with Gasteiger partial charge in [-0.3, -0.25) is 0 Å². The Hall–Kier alpha value is -1.53. The summed E-state index contributed by atoms with van der Waals surface area (Å²) in [6.07, 6.45) is 0. The summed E-state index contributed by atoms with van der Waals surface area (Å²) in [5.74, 6) is 1.36. The average molecular weight is 307 g/mol. The lowest BCUT2D eigenvalue weighted by Crippen LogP contribution is -2.21. The predicted molar refractivity (Wildman–Crippen MR) is 85.9 cm³/mol. The number of hydrogen-bond acceptors (Lipinski definition) is 6. The van der Waals surface area contributed by atoms with Crippen molar-refractivity contribution in [1.82, 2.24) is 10.2 Å². The van der Waals surface area contributed by atoms with E-state index in [4.69, 9.17) is 9.15 Å². The fourth-order valence-electron chi connectivity index (χ4n) is 2.00. The summed E-state index contributed by atoms with van der Waals surface area (Å²) in [5, 5.41) is 8.70. The van der Waals surface area contributed by atoms with Crippen LogP contribution in [0, 0.1) is 0 Å². The topological polar surface area (TPSA) is 51.4 Å². The Labute approximate surface area is 129 Å². The number of anilines is 1. The minimum absolute atomic E-state index is 0.556. The predicted octanol–water partition coefficient (Wildman–Crippen LogP) is 3.32. The zero-order valence-electron chi connectivity index (χ0n) is 12.7. The molecule has 0 atom stereocenters. The summed E-state index contributed by atoms with van der Waals surface area (Å²) < 4.78 is 10.6. The molecule has 5 nitrogen and oxygen atoms in total. The molecule has 21 heavy (non-hydrogen) atoms. The van der Waals surface area contributed by atoms with Crippen LogP contribution in [0.5, 0.6) is 0 Å². The van der Waals surface area contributed by atoms with Crippen molar-refractivity contribution in [3.8, 4) is 11.5 Å². The molecule has 0 fully saturated rings. The Balaban J connectivity index is 2.05. The molecule has 0 radical (unpaired) electrons. The van der Waals surface area contributed by atoms with Gasteiger partial charge in [0.25, 0.3) is 5.22 Å². The van der Waals surface area contributed by atoms with Crippen LogP contribution in [0.1, 0.15) is 13.8 Å². The maximum absolute atomic E-state index is 5.64. The van der Waals surface area contributed by atoms with Crippen molar-refractivity contribution in [2.45, 2.75) is 19.1 Å². The van der Waals surface area contributed by atoms with Gasteiger partial charge in [-0.25, -0.2) is 0 Å². The van der Waals surface area contributed by atoms with E-state index in [2.05, 4.69) is 41.1 Å². The standard InChI is InChI=1S/C15H21N3O2S/c1-4-18(5-2)13-8-6-12(7-9-13)14-16-17-15(20-14)21-11-10-19-3/h6-9H,4-5,10-11H2,1-3H3. The molecular formula is C15H21N3O2S. The van der Waals surface area contributed by atoms with Crippen molar-refractivity contribution in [2.75, 3.05) is 37.5 Å². The van der Waals surface area contributed by atoms with Crippen LogP contribution in [0.2, 0.25) is 0 Å². The van der Waals surface area contributed by atoms with Crippen molar-refractivity contribution in [3.05, 3.63) is 24.3 Å². The Morgan fingerprint density at radius 2 is 1.86 bits per heavy atom. The van der Waals surface area contributed by atoms with Crippen LogP contribution in [0.25, 0.3) is 11.5 Å². The van der Waals surface area contributed by atoms with Crippen LogP contribution >= 0.6 is 11.8 Å². The summed E-state index contributed by atoms with van der Waals surface area (Å²) >= 11 is 1.50. The SMILES string of the molecule is CCN(CC)c1ccc(-c2nnc(SCCOC)o2)cc1. The number of ether oxygens (including phenoxy) is 1. The van der Waals surface area contributed by atoms with E-state index in [0.717, 1.165) is 24.4 Å². The number of thioether (sulfide) groups is 1. The molecule has 0 bridgehead atoms. The number of aromatic nitrogens is 2. The Kier molecular flexibility index (Phi) is 6.07. The third-order valence-corrected chi connectivity index (χ3v) is 3.95. The first-order chi connectivity index (χ1) is 10.3. The number of rotatable bonds is 8. The van der Waals surface area contributed by atoms with E-state index in [-0.39, 0.29) is 0 Å². The lowest BCUT2D eigenvalue weighted by molar-refractivity contribution is 0.218. The molecule has 1 heterocycles. The van der Waals surface area contributed by atoms with Crippen molar-refractivity contribution < 1.29 is 9.15 Å². The normalized spacial score (nSPS) is 10.8. The lowest BCUT2D eigenvalue weighted by atomic mass is 10.2. The van der Waals surface area contributed by atoms with Crippen LogP contribution in [-0.4, -0.2) is 42.8 Å². The van der Waals surface area contributed by atoms with Crippen LogP contribution in [0.15, 0.2) is 33.9 Å². The van der Waals surface area contributed by atoms with Crippen LogP contribution in [-0.2, 0) is 4.74 Å². The first kappa shape index (κ1) is 15.9. The van der Waals surface area contributed by atoms with E-state index in [1.165, 1.54) is 17.4 Å². The summed E-state index contributed by atoms with van der Waals surface area (Å²) in [5.41, 5.74) is 2.15. The van der Waals surface area contributed by atoms with Gasteiger partial charge in [-0.15, -0.1) is 10.2 Å². The van der Waals surface area contributed by atoms with E-state index >= 15 is 0 Å². The molecule has 0 unspecified atom stereocenters. The third-order valence-electron chi connectivity index (χ3n) is 3.16. The van der Waals surface area contributed by atoms with Gasteiger partial charge in [0.1, 0.15) is 0 Å². The molecule has 6 heteroatoms. The largest absolute Gasteiger partial charge is 0.411 e. The molecule has 1 aromatic heterocycles. The van der Waals surface area contributed by atoms with E-state index in [9.17, 15) is 0 Å². The van der Waals surface area contributed by atoms with Gasteiger partial charge in [0.05, 0.1) is 6.61 Å². The smallest absolute Gasteiger partial charge is 0.276 e. The highest BCUT2D eigenvalue weighted by Crippen LogP contribution is 2.25. The van der Waals surface area contributed by atoms with E-state index < -0.39 is 0 Å². The Bertz CT molecular complexity index is 538. The molecule has 0 aliphatic rings. The molecule has 2 aromatic rings. The highest BCUT2D eigenvalue weighted by atomic mass is 32.2. The van der Waals surface area contributed by atoms with Gasteiger partial charge in [0.15, 0.2) is 0 Å². The fourth-order valence-corrected chi connectivity index (χ4v) is 2.66. The van der Waals surface area contributed by atoms with E-state index in [1.807, 2.05) is 12.1 Å². The number of methoxy groups -OCH3 is 1. The Morgan fingerprint density at radius 1 is 1.14 bits per heavy atom. The summed E-state index contributed by atoms with van der Waals surface area (Å²) in [7, 11) is 1.68. The monoisotopic (exact) mass is 307 g/mol. The van der Waals surface area contributed by atoms with Gasteiger partial charge in [0, 0.05) is 37.2 Å². The maximum atomic E-state index is 5.64. The molecule has 0 spiro atoms. The molecule has 2 rings (SSSR count). The van der Waals surface area contributed by atoms with Crippen molar-refractivity contribution in [1.29, 1.82) is 0 Å². The molecule has 1 aromatic carbocycles. The second-order valence-corrected chi connectivity index (χ2v) is 5.48. The summed E-state index contributed by atoms with van der Waals surface area (Å²) in [6.45, 7) is 6.96. The second kappa shape index (κ2) is 8.05. The third kappa shape index (κ3) is 4.22. The van der Waals surface area contributed by atoms with Gasteiger partial charge in [0.2, 0.25) is 5.89 Å². The maximum Gasteiger partial charge on any atom is 0.276 e. The number of nitrogens with zero attached hydrogens (tertiary/aromatic N) is 3. The number of benzene rings is 1. The molecule has 0 aliphatic heterocycles. The summed E-state index contributed by atoms with van der Waals surface area (Å²) in [6, 6.07) is 8.21. The zero-order valence-corrected chi connectivity index (χ0v) is 13.5. The molecule has 114 valence electrons. The highest BCUT2D eigenvalue weighted by molar-refractivity contribution is 7.99. The minimum Gasteiger partial charge on any atom is -0.411 e. The lowest BCUT2D eigenvalue weighted by Gasteiger charge is -2.20. The van der Waals surface area contributed by atoms with Crippen LogP contribution < -0.4 is 4.90 Å². The molecule has 0 N–H and O–H groups in total. The van der Waals surface area contributed by atoms with Crippen molar-refractivity contribution >= 4 is 17.4 Å². The van der Waals surface area contributed by atoms with Gasteiger partial charge < -0.3 is 14.1 Å². The summed E-state index contributed by atoms with van der Waals surface area (Å²) in [4.78, 5) is 2.30. The van der Waals surface area contributed by atoms with Crippen molar-refractivity contribution in [3.63, 3.8) is 0 Å². The van der Waals surface area contributed by atoms with Gasteiger partial charge in [-0.05, 0) is 38.1 Å². The number of hydrogen-bond donors (Lipinski definition) is 0. The fraction of sp³-hybridized carbons (Fsp3) is 0.467. The first-order valence-corrected chi connectivity index (χ1v) is 8.07. The van der Waals surface area contributed by atoms with E-state index in [1.54, 1.807) is 7.11 Å². The van der Waals surface area contributed by atoms with Crippen LogP contribution in [0.3, 0.4) is 0 Å². The molecular weight excluding hydrogens is 286 g/mol. The molecule has 0 saturated carbocycles. The van der Waals surface area contributed by atoms with E-state index in [0.29, 0.717) is 17.7 Å². The Morgan fingerprint density at radius 3 is 2.48 bits per heavy atom. The minimum atomic E-state index is 0.556. The quantitative estimate of drug-likeness (QED) is 0.551. The first-order valence-electron chi connectivity index (χ1n) is 7.09. The second-order valence-electron chi connectivity index (χ2n) is 4.43. The van der Waals surface area contributed by atoms with Gasteiger partial charge in [-0.1, -0.05) is 11.8 Å². The highest BCUT2D eigenvalue weighted by Gasteiger charge is 2.09. The molecule has 0 aliphatic carbocycles. The van der Waals surface area contributed by atoms with Gasteiger partial charge >= 0.3 is 0 Å². The van der Waals surface area contributed by atoms with Crippen LogP contribution in [0.4, 0.5) is 5.69 Å². The zero-order chi connectivity index (χ0) is 15.1. The van der Waals surface area contributed by atoms with Crippen molar-refractivity contribution in [2.24, 2.45) is 0 Å². The molecule has 0 saturated heterocycles. The molecule has 0 amide bonds. The average Bonchev–Trinajstić information content (AvgIpc) is 2.98. The van der Waals surface area contributed by atoms with Gasteiger partial charge in [-0.2, -0.15) is 0 Å².